The van der Waals surface area contributed by atoms with E-state index in [0.717, 1.165) is 74.5 Å². The van der Waals surface area contributed by atoms with Crippen molar-refractivity contribution in [3.8, 4) is 6.07 Å². The molecule has 5 nitrogen and oxygen atoms in total. The van der Waals surface area contributed by atoms with Crippen LogP contribution in [0.15, 0.2) is 36.7 Å². The lowest BCUT2D eigenvalue weighted by atomic mass is 9.71. The van der Waals surface area contributed by atoms with Crippen molar-refractivity contribution in [2.45, 2.75) is 31.9 Å². The first-order chi connectivity index (χ1) is 16.8. The highest BCUT2D eigenvalue weighted by Crippen LogP contribution is 2.43. The maximum Gasteiger partial charge on any atom is 0.393 e. The number of benzene rings is 1. The van der Waals surface area contributed by atoms with Gasteiger partial charge in [-0.25, -0.2) is 9.97 Å². The van der Waals surface area contributed by atoms with E-state index in [2.05, 4.69) is 38.0 Å². The maximum absolute atomic E-state index is 12.9. The highest BCUT2D eigenvalue weighted by Gasteiger charge is 2.45. The largest absolute Gasteiger partial charge is 0.393 e. The number of rotatable bonds is 4. The Morgan fingerprint density at radius 1 is 1.11 bits per heavy atom. The highest BCUT2D eigenvalue weighted by atomic mass is 32.1. The number of thiophene rings is 1. The van der Waals surface area contributed by atoms with Crippen molar-refractivity contribution in [2.75, 3.05) is 37.6 Å². The van der Waals surface area contributed by atoms with Crippen LogP contribution in [0.3, 0.4) is 0 Å². The van der Waals surface area contributed by atoms with Crippen LogP contribution < -0.4 is 4.90 Å². The Bertz CT molecular complexity index is 1350. The van der Waals surface area contributed by atoms with Crippen molar-refractivity contribution in [1.82, 2.24) is 14.9 Å². The van der Waals surface area contributed by atoms with E-state index in [4.69, 9.17) is 5.26 Å². The Hall–Kier alpha value is -2.96. The van der Waals surface area contributed by atoms with E-state index >= 15 is 0 Å². The molecular weight excluding hydrogens is 471 g/mol. The number of halogens is 3. The number of allylic oxidation sites excluding steroid dienone is 1. The van der Waals surface area contributed by atoms with Gasteiger partial charge < -0.3 is 4.90 Å². The summed E-state index contributed by atoms with van der Waals surface area (Å²) in [6.07, 6.45) is 1.60. The lowest BCUT2D eigenvalue weighted by Gasteiger charge is -2.54. The van der Waals surface area contributed by atoms with Gasteiger partial charge in [0, 0.05) is 37.6 Å². The van der Waals surface area contributed by atoms with Gasteiger partial charge in [-0.15, -0.1) is 11.3 Å². The second-order valence-corrected chi connectivity index (χ2v) is 11.1. The molecule has 2 aliphatic heterocycles. The van der Waals surface area contributed by atoms with Gasteiger partial charge in [0.15, 0.2) is 0 Å². The average Bonchev–Trinajstić information content (AvgIpc) is 3.40. The zero-order valence-electron chi connectivity index (χ0n) is 19.1. The number of anilines is 1. The van der Waals surface area contributed by atoms with Crippen molar-refractivity contribution >= 4 is 32.9 Å². The molecule has 4 heterocycles. The zero-order valence-corrected chi connectivity index (χ0v) is 19.9. The van der Waals surface area contributed by atoms with Gasteiger partial charge in [-0.05, 0) is 59.6 Å². The lowest BCUT2D eigenvalue weighted by Crippen LogP contribution is -2.60. The standard InChI is InChI=1S/C26H24F3N5S/c27-26(28,29)11-20-10-22-23(31-16-32-24(22)35-20)34-7-5-25(6-8-34)14-33(15-25)13-19-3-2-18-9-17(12-30)1-4-21(18)19/h1,3-4,9-10,16H,2,5-8,11,13-15H2. The van der Waals surface area contributed by atoms with Crippen LogP contribution in [-0.2, 0) is 12.8 Å². The van der Waals surface area contributed by atoms with E-state index in [1.165, 1.54) is 23.0 Å². The quantitative estimate of drug-likeness (QED) is 0.498. The number of piperidine rings is 1. The molecular formula is C26H24F3N5S. The second-order valence-electron chi connectivity index (χ2n) is 9.97. The number of hydrogen-bond acceptors (Lipinski definition) is 6. The number of fused-ring (bicyclic) bond motifs is 2. The first-order valence-electron chi connectivity index (χ1n) is 11.8. The molecule has 0 amide bonds. The molecule has 0 radical (unpaired) electrons. The minimum absolute atomic E-state index is 0.281. The number of nitriles is 1. The molecule has 35 heavy (non-hydrogen) atoms. The smallest absolute Gasteiger partial charge is 0.356 e. The van der Waals surface area contributed by atoms with Gasteiger partial charge in [0.1, 0.15) is 17.0 Å². The van der Waals surface area contributed by atoms with Gasteiger partial charge >= 0.3 is 6.18 Å². The highest BCUT2D eigenvalue weighted by molar-refractivity contribution is 7.18. The van der Waals surface area contributed by atoms with Gasteiger partial charge in [0.05, 0.1) is 23.4 Å². The molecule has 9 heteroatoms. The Morgan fingerprint density at radius 2 is 1.91 bits per heavy atom. The van der Waals surface area contributed by atoms with E-state index < -0.39 is 12.6 Å². The summed E-state index contributed by atoms with van der Waals surface area (Å²) in [6.45, 7) is 4.78. The van der Waals surface area contributed by atoms with Gasteiger partial charge in [0.25, 0.3) is 0 Å². The zero-order chi connectivity index (χ0) is 24.2. The summed E-state index contributed by atoms with van der Waals surface area (Å²) >= 11 is 1.10. The number of hydrogen-bond donors (Lipinski definition) is 0. The fraction of sp³-hybridized carbons (Fsp3) is 0.423. The molecule has 0 atom stereocenters. The monoisotopic (exact) mass is 495 g/mol. The summed E-state index contributed by atoms with van der Waals surface area (Å²) in [5.41, 5.74) is 4.89. The van der Waals surface area contributed by atoms with Crippen LogP contribution >= 0.6 is 11.3 Å². The molecule has 3 aromatic rings. The predicted molar refractivity (Wildman–Crippen MR) is 130 cm³/mol. The molecule has 6 rings (SSSR count). The summed E-state index contributed by atoms with van der Waals surface area (Å²) in [4.78, 5) is 14.3. The first-order valence-corrected chi connectivity index (χ1v) is 12.6. The topological polar surface area (TPSA) is 56.1 Å². The van der Waals surface area contributed by atoms with E-state index in [9.17, 15) is 13.2 Å². The van der Waals surface area contributed by atoms with E-state index in [-0.39, 0.29) is 4.88 Å². The lowest BCUT2D eigenvalue weighted by molar-refractivity contribution is -0.126. The van der Waals surface area contributed by atoms with Gasteiger partial charge in [0.2, 0.25) is 0 Å². The summed E-state index contributed by atoms with van der Waals surface area (Å²) in [5.74, 6) is 0.759. The third-order valence-electron chi connectivity index (χ3n) is 7.52. The van der Waals surface area contributed by atoms with Gasteiger partial charge in [-0.3, -0.25) is 4.90 Å². The minimum atomic E-state index is -4.22. The van der Waals surface area contributed by atoms with Crippen molar-refractivity contribution < 1.29 is 13.2 Å². The molecule has 1 spiro atoms. The number of nitrogens with zero attached hydrogens (tertiary/aromatic N) is 5. The maximum atomic E-state index is 12.9. The fourth-order valence-corrected chi connectivity index (χ4v) is 6.85. The van der Waals surface area contributed by atoms with Crippen molar-refractivity contribution in [1.29, 1.82) is 5.26 Å². The molecule has 1 aromatic carbocycles. The van der Waals surface area contributed by atoms with Crippen LogP contribution in [0, 0.1) is 16.7 Å². The Morgan fingerprint density at radius 3 is 2.66 bits per heavy atom. The van der Waals surface area contributed by atoms with Crippen LogP contribution in [0.2, 0.25) is 0 Å². The molecule has 3 aliphatic rings. The van der Waals surface area contributed by atoms with Crippen LogP contribution in [0.4, 0.5) is 19.0 Å². The fourth-order valence-electron chi connectivity index (χ4n) is 5.83. The van der Waals surface area contributed by atoms with E-state index in [1.54, 1.807) is 6.07 Å². The summed E-state index contributed by atoms with van der Waals surface area (Å²) in [5, 5.41) is 9.86. The summed E-state index contributed by atoms with van der Waals surface area (Å²) in [6, 6.07) is 9.81. The number of alkyl halides is 3. The van der Waals surface area contributed by atoms with Crippen LogP contribution in [0.25, 0.3) is 15.8 Å². The van der Waals surface area contributed by atoms with Crippen molar-refractivity contribution in [3.05, 3.63) is 58.2 Å². The summed E-state index contributed by atoms with van der Waals surface area (Å²) in [7, 11) is 0. The summed E-state index contributed by atoms with van der Waals surface area (Å²) < 4.78 is 38.6. The molecule has 0 saturated carbocycles. The number of likely N-dealkylation sites (tertiary alicyclic amines) is 1. The van der Waals surface area contributed by atoms with Gasteiger partial charge in [-0.1, -0.05) is 12.1 Å². The third kappa shape index (κ3) is 4.30. The average molecular weight is 496 g/mol. The van der Waals surface area contributed by atoms with E-state index in [0.29, 0.717) is 15.8 Å². The Labute approximate surface area is 205 Å². The van der Waals surface area contributed by atoms with Crippen LogP contribution in [0.1, 0.15) is 34.4 Å². The van der Waals surface area contributed by atoms with E-state index in [1.807, 2.05) is 12.1 Å². The normalized spacial score (nSPS) is 19.5. The molecule has 2 saturated heterocycles. The molecule has 2 aromatic heterocycles. The first kappa shape index (κ1) is 22.5. The molecule has 1 aliphatic carbocycles. The molecule has 0 unspecified atom stereocenters. The number of aromatic nitrogens is 2. The molecule has 0 bridgehead atoms. The van der Waals surface area contributed by atoms with Crippen LogP contribution in [0.5, 0.6) is 0 Å². The Kier molecular flexibility index (Phi) is 5.35. The SMILES string of the molecule is N#Cc1ccc2c(c1)CC=C2CN1CC2(CCN(c3ncnc4sc(CC(F)(F)F)cc34)CC2)C1. The third-order valence-corrected chi connectivity index (χ3v) is 8.56. The second kappa shape index (κ2) is 8.32. The predicted octanol–water partition coefficient (Wildman–Crippen LogP) is 5.21. The van der Waals surface area contributed by atoms with Crippen molar-refractivity contribution in [2.24, 2.45) is 5.41 Å². The molecule has 2 fully saturated rings. The van der Waals surface area contributed by atoms with Gasteiger partial charge in [-0.2, -0.15) is 18.4 Å². The molecule has 180 valence electrons. The van der Waals surface area contributed by atoms with Crippen LogP contribution in [-0.4, -0.2) is 53.8 Å². The Balaban J connectivity index is 1.08. The minimum Gasteiger partial charge on any atom is -0.356 e. The molecule has 0 N–H and O–H groups in total. The van der Waals surface area contributed by atoms with Crippen molar-refractivity contribution in [3.63, 3.8) is 0 Å².